The van der Waals surface area contributed by atoms with Crippen molar-refractivity contribution in [2.75, 3.05) is 6.67 Å². The second-order valence-electron chi connectivity index (χ2n) is 6.23. The molecule has 3 aromatic rings. The zero-order valence-electron chi connectivity index (χ0n) is 13.7. The number of pyridine rings is 1. The van der Waals surface area contributed by atoms with Gasteiger partial charge in [-0.3, -0.25) is 4.40 Å². The van der Waals surface area contributed by atoms with Gasteiger partial charge in [-0.15, -0.1) is 10.2 Å². The van der Waals surface area contributed by atoms with Gasteiger partial charge in [0, 0.05) is 6.20 Å². The molecule has 150 valence electrons. The zero-order chi connectivity index (χ0) is 20.3. The van der Waals surface area contributed by atoms with Crippen LogP contribution in [0, 0.1) is 0 Å². The third-order valence-electron chi connectivity index (χ3n) is 4.21. The number of nitrogens with one attached hydrogen (secondary N) is 1. The maximum absolute atomic E-state index is 13.1. The number of imidazole rings is 1. The maximum atomic E-state index is 13.1. The van der Waals surface area contributed by atoms with Crippen LogP contribution in [0.1, 0.15) is 24.3 Å². The average molecular weight is 472 g/mol. The largest absolute Gasteiger partial charge is 0.293 e. The van der Waals surface area contributed by atoms with Crippen LogP contribution in [-0.4, -0.2) is 40.2 Å². The van der Waals surface area contributed by atoms with Crippen LogP contribution in [0.2, 0.25) is 10.2 Å². The van der Waals surface area contributed by atoms with E-state index in [1.165, 1.54) is 10.6 Å². The van der Waals surface area contributed by atoms with Crippen LogP contribution in [0.15, 0.2) is 17.2 Å². The summed E-state index contributed by atoms with van der Waals surface area (Å²) < 4.78 is 67.6. The molecule has 0 amide bonds. The minimum atomic E-state index is -4.10. The van der Waals surface area contributed by atoms with E-state index in [-0.39, 0.29) is 31.4 Å². The molecule has 7 nitrogen and oxygen atoms in total. The highest BCUT2D eigenvalue weighted by Gasteiger charge is 2.46. The van der Waals surface area contributed by atoms with Crippen molar-refractivity contribution >= 4 is 50.1 Å². The Kier molecular flexibility index (Phi) is 4.82. The number of aromatic nitrogens is 4. The summed E-state index contributed by atoms with van der Waals surface area (Å²) in [5.74, 6) is 0.00924. The van der Waals surface area contributed by atoms with Gasteiger partial charge in [0.05, 0.1) is 10.6 Å². The predicted octanol–water partition coefficient (Wildman–Crippen LogP) is 3.88. The smallest absolute Gasteiger partial charge is 0.291 e. The van der Waals surface area contributed by atoms with Crippen molar-refractivity contribution in [2.45, 2.75) is 29.7 Å². The number of alkyl halides is 3. The lowest BCUT2D eigenvalue weighted by atomic mass is 10.3. The summed E-state index contributed by atoms with van der Waals surface area (Å²) in [4.78, 5) is 3.80. The lowest BCUT2D eigenvalue weighted by Crippen LogP contribution is -2.38. The second kappa shape index (κ2) is 6.80. The number of rotatable bonds is 6. The van der Waals surface area contributed by atoms with Gasteiger partial charge in [0.25, 0.3) is 6.43 Å². The van der Waals surface area contributed by atoms with Gasteiger partial charge in [-0.1, -0.05) is 34.5 Å². The molecule has 1 aliphatic rings. The van der Waals surface area contributed by atoms with Crippen molar-refractivity contribution in [2.24, 2.45) is 0 Å². The third kappa shape index (κ3) is 3.36. The maximum Gasteiger partial charge on any atom is 0.291 e. The van der Waals surface area contributed by atoms with E-state index in [4.69, 9.17) is 23.2 Å². The monoisotopic (exact) mass is 471 g/mol. The van der Waals surface area contributed by atoms with Crippen LogP contribution in [-0.2, 0) is 10.0 Å². The van der Waals surface area contributed by atoms with Gasteiger partial charge in [-0.2, -0.15) is 0 Å². The summed E-state index contributed by atoms with van der Waals surface area (Å²) >= 11 is 12.9. The first-order valence-electron chi connectivity index (χ1n) is 7.75. The normalized spacial score (nSPS) is 16.2. The highest BCUT2D eigenvalue weighted by Crippen LogP contribution is 2.38. The van der Waals surface area contributed by atoms with Crippen molar-refractivity contribution < 1.29 is 21.6 Å². The molecule has 0 aliphatic heterocycles. The molecule has 28 heavy (non-hydrogen) atoms. The minimum Gasteiger partial charge on any atom is -0.293 e. The van der Waals surface area contributed by atoms with Crippen LogP contribution < -0.4 is 4.72 Å². The first-order chi connectivity index (χ1) is 13.2. The summed E-state index contributed by atoms with van der Waals surface area (Å²) in [6, 6.07) is 1.16. The molecule has 1 saturated carbocycles. The van der Waals surface area contributed by atoms with Gasteiger partial charge < -0.3 is 0 Å². The van der Waals surface area contributed by atoms with Crippen LogP contribution >= 0.6 is 34.5 Å². The lowest BCUT2D eigenvalue weighted by Gasteiger charge is -2.14. The Labute approximate surface area is 170 Å². The van der Waals surface area contributed by atoms with Crippen LogP contribution in [0.4, 0.5) is 13.2 Å². The standard InChI is InChI=1S/C14H10Cl2F3N5O2S2/c15-7-3-6(28(25,26)23-14(5-17)1-2-14)4-24-8(7)9(16)20-11(24)13-22-21-12(27-13)10(18)19/h3-4,10,23H,1-2,5H2. The molecule has 4 rings (SSSR count). The van der Waals surface area contributed by atoms with E-state index in [0.29, 0.717) is 24.2 Å². The van der Waals surface area contributed by atoms with Gasteiger partial charge in [0.1, 0.15) is 17.1 Å². The van der Waals surface area contributed by atoms with E-state index in [1.54, 1.807) is 0 Å². The predicted molar refractivity (Wildman–Crippen MR) is 97.3 cm³/mol. The lowest BCUT2D eigenvalue weighted by molar-refractivity contribution is 0.150. The average Bonchev–Trinajstić information content (AvgIpc) is 3.07. The number of hydrogen-bond donors (Lipinski definition) is 1. The van der Waals surface area contributed by atoms with Gasteiger partial charge in [-0.05, 0) is 18.9 Å². The van der Waals surface area contributed by atoms with Crippen molar-refractivity contribution in [1.29, 1.82) is 0 Å². The van der Waals surface area contributed by atoms with E-state index in [0.717, 1.165) is 6.07 Å². The Hall–Kier alpha value is -1.47. The summed E-state index contributed by atoms with van der Waals surface area (Å²) in [5, 5.41) is 6.45. The van der Waals surface area contributed by atoms with Crippen molar-refractivity contribution in [3.63, 3.8) is 0 Å². The second-order valence-corrected chi connectivity index (χ2v) is 9.69. The minimum absolute atomic E-state index is 0.00924. The van der Waals surface area contributed by atoms with Gasteiger partial charge in [0.15, 0.2) is 21.0 Å². The molecule has 3 aromatic heterocycles. The van der Waals surface area contributed by atoms with Crippen LogP contribution in [0.25, 0.3) is 16.3 Å². The Morgan fingerprint density at radius 1 is 1.32 bits per heavy atom. The van der Waals surface area contributed by atoms with Gasteiger partial charge >= 0.3 is 0 Å². The van der Waals surface area contributed by atoms with Crippen molar-refractivity contribution in [1.82, 2.24) is 24.3 Å². The summed E-state index contributed by atoms with van der Waals surface area (Å²) in [6.07, 6.45) is -0.855. The highest BCUT2D eigenvalue weighted by atomic mass is 35.5. The Balaban J connectivity index is 1.85. The first-order valence-corrected chi connectivity index (χ1v) is 10.8. The highest BCUT2D eigenvalue weighted by molar-refractivity contribution is 7.89. The topological polar surface area (TPSA) is 89.2 Å². The molecule has 1 aliphatic carbocycles. The third-order valence-corrected chi connectivity index (χ3v) is 7.23. The molecule has 0 saturated heterocycles. The summed E-state index contributed by atoms with van der Waals surface area (Å²) in [7, 11) is -4.10. The molecule has 3 heterocycles. The SMILES string of the molecule is O=S(=O)(NC1(CF)CC1)c1cc(Cl)c2c(Cl)nc(-c3nnc(C(F)F)s3)n2c1. The van der Waals surface area contributed by atoms with Crippen LogP contribution in [0.5, 0.6) is 0 Å². The Bertz CT molecular complexity index is 1180. The fourth-order valence-electron chi connectivity index (χ4n) is 2.57. The molecule has 0 spiro atoms. The molecule has 0 aromatic carbocycles. The quantitative estimate of drug-likeness (QED) is 0.589. The summed E-state index contributed by atoms with van der Waals surface area (Å²) in [6.45, 7) is -0.828. The van der Waals surface area contributed by atoms with Crippen molar-refractivity contribution in [3.8, 4) is 10.8 Å². The van der Waals surface area contributed by atoms with E-state index in [2.05, 4.69) is 19.9 Å². The van der Waals surface area contributed by atoms with E-state index in [1.807, 2.05) is 0 Å². The molecular formula is C14H10Cl2F3N5O2S2. The van der Waals surface area contributed by atoms with E-state index >= 15 is 0 Å². The van der Waals surface area contributed by atoms with Gasteiger partial charge in [-0.25, -0.2) is 31.3 Å². The molecule has 14 heteroatoms. The molecule has 0 unspecified atom stereocenters. The number of sulfonamides is 1. The van der Waals surface area contributed by atoms with E-state index in [9.17, 15) is 21.6 Å². The molecule has 0 radical (unpaired) electrons. The molecule has 0 bridgehead atoms. The number of halogens is 5. The fraction of sp³-hybridized carbons (Fsp3) is 0.357. The number of hydrogen-bond acceptors (Lipinski definition) is 6. The first kappa shape index (κ1) is 19.8. The van der Waals surface area contributed by atoms with E-state index < -0.39 is 33.7 Å². The Morgan fingerprint density at radius 2 is 2.04 bits per heavy atom. The molecule has 1 fully saturated rings. The van der Waals surface area contributed by atoms with Crippen molar-refractivity contribution in [3.05, 3.63) is 27.4 Å². The Morgan fingerprint density at radius 3 is 2.61 bits per heavy atom. The summed E-state index contributed by atoms with van der Waals surface area (Å²) in [5.41, 5.74) is -0.918. The molecule has 0 atom stereocenters. The zero-order valence-corrected chi connectivity index (χ0v) is 16.8. The van der Waals surface area contributed by atoms with Gasteiger partial charge in [0.2, 0.25) is 10.0 Å². The fourth-order valence-corrected chi connectivity index (χ4v) is 5.40. The number of fused-ring (bicyclic) bond motifs is 1. The molecule has 1 N–H and O–H groups in total. The van der Waals surface area contributed by atoms with Crippen LogP contribution in [0.3, 0.4) is 0 Å². The number of nitrogens with zero attached hydrogens (tertiary/aromatic N) is 4. The molecular weight excluding hydrogens is 462 g/mol.